The van der Waals surface area contributed by atoms with Crippen LogP contribution in [-0.4, -0.2) is 63.7 Å². The largest absolute Gasteiger partial charge is 0.466 e. The summed E-state index contributed by atoms with van der Waals surface area (Å²) in [6.07, 6.45) is 46.5. The second kappa shape index (κ2) is 82.8. The monoisotopic (exact) mass is 825 g/mol. The number of nitrogens with two attached hydrogens (primary N) is 1. The fraction of sp³-hybridized carbons (Fsp3) is 0.808. The van der Waals surface area contributed by atoms with E-state index in [0.717, 1.165) is 51.8 Å². The van der Waals surface area contributed by atoms with Crippen molar-refractivity contribution in [3.05, 3.63) is 49.1 Å². The van der Waals surface area contributed by atoms with E-state index < -0.39 is 0 Å². The number of nitrogens with zero attached hydrogens (tertiary/aromatic N) is 1. The lowest BCUT2D eigenvalue weighted by atomic mass is 10.1. The maximum absolute atomic E-state index is 10.6. The van der Waals surface area contributed by atoms with Gasteiger partial charge >= 0.3 is 5.97 Å². The Kier molecular flexibility index (Phi) is 101. The fourth-order valence-corrected chi connectivity index (χ4v) is 4.68. The van der Waals surface area contributed by atoms with Crippen molar-refractivity contribution >= 4 is 12.3 Å². The maximum atomic E-state index is 10.6. The van der Waals surface area contributed by atoms with Crippen molar-refractivity contribution < 1.29 is 19.1 Å². The average Bonchev–Trinajstić information content (AvgIpc) is 3.23. The molecule has 0 aliphatic carbocycles. The van der Waals surface area contributed by atoms with Crippen LogP contribution in [0.3, 0.4) is 0 Å². The summed E-state index contributed by atoms with van der Waals surface area (Å²) in [5, 5.41) is 0. The van der Waals surface area contributed by atoms with Gasteiger partial charge in [0.15, 0.2) is 0 Å². The van der Waals surface area contributed by atoms with Crippen LogP contribution in [0.5, 0.6) is 0 Å². The molecule has 0 saturated carbocycles. The Morgan fingerprint density at radius 1 is 0.586 bits per heavy atom. The number of esters is 1. The Labute approximate surface area is 366 Å². The normalized spacial score (nSPS) is 10.0. The molecule has 0 unspecified atom stereocenters. The van der Waals surface area contributed by atoms with Gasteiger partial charge in [-0.05, 0) is 71.3 Å². The lowest BCUT2D eigenvalue weighted by molar-refractivity contribution is -0.141. The van der Waals surface area contributed by atoms with Crippen LogP contribution in [0.25, 0.3) is 0 Å². The molecule has 58 heavy (non-hydrogen) atoms. The van der Waals surface area contributed by atoms with Gasteiger partial charge in [0, 0.05) is 46.7 Å². The van der Waals surface area contributed by atoms with E-state index in [2.05, 4.69) is 101 Å². The number of carbonyl (C=O) groups excluding carboxylic acids is 2. The summed E-state index contributed by atoms with van der Waals surface area (Å²) < 4.78 is 9.45. The van der Waals surface area contributed by atoms with Crippen molar-refractivity contribution in [2.24, 2.45) is 5.73 Å². The summed E-state index contributed by atoms with van der Waals surface area (Å²) in [5.41, 5.74) is 5.35. The molecule has 0 radical (unpaired) electrons. The van der Waals surface area contributed by atoms with E-state index in [-0.39, 0.29) is 5.97 Å². The lowest BCUT2D eigenvalue weighted by Crippen LogP contribution is -2.30. The Balaban J connectivity index is -0.000000122. The van der Waals surface area contributed by atoms with E-state index in [9.17, 15) is 9.59 Å². The number of hydrogen-bond acceptors (Lipinski definition) is 6. The Morgan fingerprint density at radius 3 is 1.34 bits per heavy atom. The van der Waals surface area contributed by atoms with Crippen molar-refractivity contribution in [1.82, 2.24) is 4.90 Å². The van der Waals surface area contributed by atoms with Gasteiger partial charge in [0.1, 0.15) is 6.29 Å². The highest BCUT2D eigenvalue weighted by Crippen LogP contribution is 2.08. The molecule has 0 bridgehead atoms. The molecule has 350 valence electrons. The number of aldehydes is 1. The van der Waals surface area contributed by atoms with Gasteiger partial charge in [0.2, 0.25) is 0 Å². The summed E-state index contributed by atoms with van der Waals surface area (Å²) in [4.78, 5) is 22.7. The van der Waals surface area contributed by atoms with Gasteiger partial charge < -0.3 is 24.9 Å². The SMILES string of the molecule is C=CC/C=C\CCCCCCC.CC.CCC.CCCCC.CCCCC/C=C\C/C=C\CCCCCCCCOC(C)=O.CCN(CCN)CCC=O.CCOC. The summed E-state index contributed by atoms with van der Waals surface area (Å²) in [6, 6.07) is 0. The first-order valence-corrected chi connectivity index (χ1v) is 24.3. The third-order valence-electron chi connectivity index (χ3n) is 8.05. The van der Waals surface area contributed by atoms with Gasteiger partial charge in [-0.15, -0.1) is 6.58 Å². The number of methoxy groups -OCH3 is 1. The van der Waals surface area contributed by atoms with Crippen molar-refractivity contribution in [1.29, 1.82) is 0 Å². The molecule has 0 aromatic carbocycles. The lowest BCUT2D eigenvalue weighted by Gasteiger charge is -2.17. The third kappa shape index (κ3) is 105. The molecule has 0 aliphatic heterocycles. The molecule has 0 spiro atoms. The number of ether oxygens (including phenoxy) is 2. The molecular weight excluding hydrogens is 717 g/mol. The molecule has 0 aromatic heterocycles. The van der Waals surface area contributed by atoms with Crippen LogP contribution in [0.4, 0.5) is 0 Å². The predicted molar refractivity (Wildman–Crippen MR) is 265 cm³/mol. The number of likely N-dealkylation sites (N-methyl/N-ethyl adjacent to an activating group) is 1. The molecule has 6 heteroatoms. The van der Waals surface area contributed by atoms with E-state index in [1.165, 1.54) is 135 Å². The van der Waals surface area contributed by atoms with Crippen LogP contribution in [-0.2, 0) is 19.1 Å². The molecule has 0 rings (SSSR count). The molecule has 6 nitrogen and oxygen atoms in total. The molecule has 0 aromatic rings. The molecule has 0 amide bonds. The first kappa shape index (κ1) is 70.5. The molecule has 0 heterocycles. The van der Waals surface area contributed by atoms with Crippen LogP contribution < -0.4 is 5.73 Å². The highest BCUT2D eigenvalue weighted by Gasteiger charge is 1.98. The highest BCUT2D eigenvalue weighted by molar-refractivity contribution is 5.65. The average molecular weight is 825 g/mol. The number of unbranched alkanes of at least 4 members (excludes halogenated alkanes) is 16. The van der Waals surface area contributed by atoms with Crippen molar-refractivity contribution in [3.63, 3.8) is 0 Å². The van der Waals surface area contributed by atoms with E-state index in [1.807, 2.05) is 26.8 Å². The Bertz CT molecular complexity index is 748. The number of carbonyl (C=O) groups is 2. The zero-order chi connectivity index (χ0) is 45.4. The quantitative estimate of drug-likeness (QED) is 0.0315. The van der Waals surface area contributed by atoms with Gasteiger partial charge in [-0.2, -0.15) is 0 Å². The van der Waals surface area contributed by atoms with Gasteiger partial charge in [0.05, 0.1) is 6.61 Å². The zero-order valence-electron chi connectivity index (χ0n) is 41.7. The van der Waals surface area contributed by atoms with Crippen molar-refractivity contribution in [3.8, 4) is 0 Å². The minimum absolute atomic E-state index is 0.164. The summed E-state index contributed by atoms with van der Waals surface area (Å²) >= 11 is 0. The van der Waals surface area contributed by atoms with Crippen LogP contribution in [0.15, 0.2) is 49.1 Å². The minimum atomic E-state index is -0.164. The van der Waals surface area contributed by atoms with Crippen LogP contribution in [0.2, 0.25) is 0 Å². The van der Waals surface area contributed by atoms with Gasteiger partial charge in [-0.1, -0.05) is 195 Å². The maximum Gasteiger partial charge on any atom is 0.302 e. The second-order valence-corrected chi connectivity index (χ2v) is 13.9. The summed E-state index contributed by atoms with van der Waals surface area (Å²) in [6.45, 7) is 31.1. The second-order valence-electron chi connectivity index (χ2n) is 13.9. The van der Waals surface area contributed by atoms with Crippen LogP contribution in [0.1, 0.15) is 230 Å². The van der Waals surface area contributed by atoms with Gasteiger partial charge in [0.25, 0.3) is 0 Å². The zero-order valence-corrected chi connectivity index (χ0v) is 41.7. The topological polar surface area (TPSA) is 81.9 Å². The Hall–Kier alpha value is -2.02. The molecule has 0 aliphatic rings. The molecule has 0 fully saturated rings. The van der Waals surface area contributed by atoms with Crippen LogP contribution in [0, 0.1) is 0 Å². The van der Waals surface area contributed by atoms with E-state index in [0.29, 0.717) is 19.6 Å². The smallest absolute Gasteiger partial charge is 0.302 e. The van der Waals surface area contributed by atoms with Gasteiger partial charge in [-0.3, -0.25) is 4.79 Å². The standard InChI is InChI=1S/C20H36O2.C12H22.C7H16N2O.C5H12.C3H8O.C3H8.C2H6/c1-3-4-5-6-7-8-9-10-11-12-13-14-15-16-17-18-19-22-20(2)21;1-3-5-7-9-11-12-10-8-6-4-2;1-2-9(6-4-8)5-3-7-10;1-3-5-4-2;1-3-4-2;1-3-2;1-2/h7-8,10-11H,3-6,9,12-19H2,1-2H3;3,7,9H,1,4-6,8,10-12H2,2H3;7H,2-6,8H2,1H3;3-5H2,1-2H3;3H2,1-2H3;3H2,1-2H3;1-2H3/b8-7-,11-10-;9-7-;;;;;. The molecular formula is C52H108N2O4. The Morgan fingerprint density at radius 2 is 0.983 bits per heavy atom. The first-order chi connectivity index (χ1) is 28.3. The number of rotatable bonds is 32. The fourth-order valence-electron chi connectivity index (χ4n) is 4.68. The molecule has 0 atom stereocenters. The van der Waals surface area contributed by atoms with E-state index in [1.54, 1.807) is 7.11 Å². The summed E-state index contributed by atoms with van der Waals surface area (Å²) in [5.74, 6) is -0.164. The van der Waals surface area contributed by atoms with Crippen molar-refractivity contribution in [2.45, 2.75) is 230 Å². The van der Waals surface area contributed by atoms with E-state index in [4.69, 9.17) is 10.5 Å². The third-order valence-corrected chi connectivity index (χ3v) is 8.05. The number of hydrogen-bond donors (Lipinski definition) is 1. The first-order valence-electron chi connectivity index (χ1n) is 24.3. The minimum Gasteiger partial charge on any atom is -0.466 e. The molecule has 2 N–H and O–H groups in total. The van der Waals surface area contributed by atoms with Gasteiger partial charge in [-0.25, -0.2) is 0 Å². The van der Waals surface area contributed by atoms with Crippen LogP contribution >= 0.6 is 0 Å². The molecule has 0 saturated heterocycles. The predicted octanol–water partition coefficient (Wildman–Crippen LogP) is 16.0. The summed E-state index contributed by atoms with van der Waals surface area (Å²) in [7, 11) is 1.68. The van der Waals surface area contributed by atoms with Crippen molar-refractivity contribution in [2.75, 3.05) is 46.5 Å². The number of allylic oxidation sites excluding steroid dienone is 7. The highest BCUT2D eigenvalue weighted by atomic mass is 16.5. The van der Waals surface area contributed by atoms with E-state index >= 15 is 0 Å².